The Morgan fingerprint density at radius 1 is 1.47 bits per heavy atom. The summed E-state index contributed by atoms with van der Waals surface area (Å²) in [5.41, 5.74) is 1.63. The molecule has 1 aliphatic rings. The van der Waals surface area contributed by atoms with Crippen LogP contribution in [0.1, 0.15) is 30.6 Å². The van der Waals surface area contributed by atoms with E-state index in [9.17, 15) is 9.90 Å². The maximum atomic E-state index is 11.7. The van der Waals surface area contributed by atoms with Crippen molar-refractivity contribution < 1.29 is 14.6 Å². The molecule has 2 unspecified atom stereocenters. The second kappa shape index (κ2) is 4.72. The van der Waals surface area contributed by atoms with E-state index in [-0.39, 0.29) is 5.78 Å². The van der Waals surface area contributed by atoms with Crippen LogP contribution in [0.25, 0.3) is 6.08 Å². The minimum absolute atomic E-state index is 0.0576. The normalized spacial score (nSPS) is 22.1. The van der Waals surface area contributed by atoms with Crippen molar-refractivity contribution in [3.63, 3.8) is 0 Å². The lowest BCUT2D eigenvalue weighted by atomic mass is 9.83. The van der Waals surface area contributed by atoms with Crippen LogP contribution < -0.4 is 4.74 Å². The fraction of sp³-hybridized carbons (Fsp3) is 0.357. The number of methoxy groups -OCH3 is 1. The average molecular weight is 232 g/mol. The fourth-order valence-corrected chi connectivity index (χ4v) is 2.19. The third-order valence-electron chi connectivity index (χ3n) is 3.17. The van der Waals surface area contributed by atoms with E-state index < -0.39 is 12.0 Å². The lowest BCUT2D eigenvalue weighted by molar-refractivity contribution is -0.124. The quantitative estimate of drug-likeness (QED) is 0.870. The van der Waals surface area contributed by atoms with Gasteiger partial charge in [-0.25, -0.2) is 0 Å². The van der Waals surface area contributed by atoms with Crippen molar-refractivity contribution >= 4 is 11.9 Å². The number of carbonyl (C=O) groups is 1. The maximum absolute atomic E-state index is 11.7. The Morgan fingerprint density at radius 2 is 2.24 bits per heavy atom. The van der Waals surface area contributed by atoms with Crippen molar-refractivity contribution in [1.82, 2.24) is 0 Å². The van der Waals surface area contributed by atoms with Gasteiger partial charge in [-0.05, 0) is 11.6 Å². The fourth-order valence-electron chi connectivity index (χ4n) is 2.19. The molecule has 0 aromatic heterocycles. The second-order valence-corrected chi connectivity index (χ2v) is 4.11. The van der Waals surface area contributed by atoms with Crippen LogP contribution in [0.3, 0.4) is 0 Å². The van der Waals surface area contributed by atoms with E-state index >= 15 is 0 Å². The molecule has 2 rings (SSSR count). The number of rotatable bonds is 3. The van der Waals surface area contributed by atoms with Gasteiger partial charge in [-0.2, -0.15) is 0 Å². The summed E-state index contributed by atoms with van der Waals surface area (Å²) in [5.74, 6) is 0.349. The number of fused-ring (bicyclic) bond motifs is 1. The van der Waals surface area contributed by atoms with Gasteiger partial charge in [0.1, 0.15) is 11.5 Å². The minimum Gasteiger partial charge on any atom is -0.496 e. The summed E-state index contributed by atoms with van der Waals surface area (Å²) in [4.78, 5) is 11.7. The summed E-state index contributed by atoms with van der Waals surface area (Å²) >= 11 is 0. The molecular formula is C14H16O3. The number of ether oxygens (including phenoxy) is 1. The SMILES string of the molecule is CCC(=O)C1C=Cc2c(OC)cccc2C1O. The van der Waals surface area contributed by atoms with Crippen LogP contribution in [0.4, 0.5) is 0 Å². The number of aliphatic hydroxyl groups is 1. The number of hydrogen-bond donors (Lipinski definition) is 1. The molecule has 0 saturated carbocycles. The number of benzene rings is 1. The maximum Gasteiger partial charge on any atom is 0.142 e. The zero-order valence-electron chi connectivity index (χ0n) is 10.0. The van der Waals surface area contributed by atoms with Gasteiger partial charge in [0.15, 0.2) is 0 Å². The van der Waals surface area contributed by atoms with Gasteiger partial charge in [0.25, 0.3) is 0 Å². The number of hydrogen-bond acceptors (Lipinski definition) is 3. The molecule has 1 N–H and O–H groups in total. The highest BCUT2D eigenvalue weighted by molar-refractivity contribution is 5.86. The molecule has 0 saturated heterocycles. The first-order chi connectivity index (χ1) is 8.19. The molecule has 1 aromatic carbocycles. The molecular weight excluding hydrogens is 216 g/mol. The largest absolute Gasteiger partial charge is 0.496 e. The zero-order chi connectivity index (χ0) is 12.4. The second-order valence-electron chi connectivity index (χ2n) is 4.11. The molecule has 0 spiro atoms. The van der Waals surface area contributed by atoms with Crippen molar-refractivity contribution in [2.24, 2.45) is 5.92 Å². The van der Waals surface area contributed by atoms with Gasteiger partial charge >= 0.3 is 0 Å². The van der Waals surface area contributed by atoms with E-state index in [1.807, 2.05) is 31.2 Å². The van der Waals surface area contributed by atoms with Crippen molar-refractivity contribution in [2.45, 2.75) is 19.4 Å². The Bertz CT molecular complexity index is 463. The van der Waals surface area contributed by atoms with Crippen LogP contribution in [-0.4, -0.2) is 18.0 Å². The first-order valence-electron chi connectivity index (χ1n) is 5.75. The van der Waals surface area contributed by atoms with E-state index in [2.05, 4.69) is 0 Å². The summed E-state index contributed by atoms with van der Waals surface area (Å²) in [6, 6.07) is 5.51. The minimum atomic E-state index is -0.766. The zero-order valence-corrected chi connectivity index (χ0v) is 10.0. The molecule has 1 aromatic rings. The van der Waals surface area contributed by atoms with Gasteiger partial charge in [-0.15, -0.1) is 0 Å². The molecule has 0 fully saturated rings. The van der Waals surface area contributed by atoms with Gasteiger partial charge in [-0.1, -0.05) is 31.2 Å². The molecule has 90 valence electrons. The predicted molar refractivity (Wildman–Crippen MR) is 65.8 cm³/mol. The molecule has 3 nitrogen and oxygen atoms in total. The number of Topliss-reactive ketones (excluding diaryl/α,β-unsaturated/α-hetero) is 1. The Kier molecular flexibility index (Phi) is 3.29. The molecule has 1 aliphatic carbocycles. The molecule has 17 heavy (non-hydrogen) atoms. The third kappa shape index (κ3) is 1.98. The number of aliphatic hydroxyl groups excluding tert-OH is 1. The standard InChI is InChI=1S/C14H16O3/c1-3-12(15)11-8-7-9-10(14(11)16)5-4-6-13(9)17-2/h4-8,11,14,16H,3H2,1-2H3. The molecule has 0 amide bonds. The van der Waals surface area contributed by atoms with Gasteiger partial charge in [0.05, 0.1) is 19.1 Å². The molecule has 0 heterocycles. The van der Waals surface area contributed by atoms with Crippen LogP contribution >= 0.6 is 0 Å². The lowest BCUT2D eigenvalue weighted by Gasteiger charge is -2.25. The summed E-state index contributed by atoms with van der Waals surface area (Å²) in [5, 5.41) is 10.2. The van der Waals surface area contributed by atoms with Gasteiger partial charge in [0, 0.05) is 12.0 Å². The number of ketones is 1. The van der Waals surface area contributed by atoms with Crippen LogP contribution in [0, 0.1) is 5.92 Å². The monoisotopic (exact) mass is 232 g/mol. The van der Waals surface area contributed by atoms with Crippen molar-refractivity contribution in [2.75, 3.05) is 7.11 Å². The molecule has 0 bridgehead atoms. The average Bonchev–Trinajstić information content (AvgIpc) is 2.38. The van der Waals surface area contributed by atoms with Gasteiger partial charge in [-0.3, -0.25) is 4.79 Å². The van der Waals surface area contributed by atoms with E-state index in [1.54, 1.807) is 13.2 Å². The first kappa shape index (κ1) is 11.9. The third-order valence-corrected chi connectivity index (χ3v) is 3.17. The van der Waals surface area contributed by atoms with Gasteiger partial charge < -0.3 is 9.84 Å². The van der Waals surface area contributed by atoms with E-state index in [0.29, 0.717) is 6.42 Å². The summed E-state index contributed by atoms with van der Waals surface area (Å²) in [6.07, 6.45) is 3.30. The van der Waals surface area contributed by atoms with Crippen molar-refractivity contribution in [1.29, 1.82) is 0 Å². The van der Waals surface area contributed by atoms with Crippen molar-refractivity contribution in [3.8, 4) is 5.75 Å². The molecule has 2 atom stereocenters. The summed E-state index contributed by atoms with van der Waals surface area (Å²) in [6.45, 7) is 1.81. The molecule has 0 radical (unpaired) electrons. The van der Waals surface area contributed by atoms with E-state index in [0.717, 1.165) is 16.9 Å². The smallest absolute Gasteiger partial charge is 0.142 e. The lowest BCUT2D eigenvalue weighted by Crippen LogP contribution is -2.22. The van der Waals surface area contributed by atoms with Crippen LogP contribution in [0.15, 0.2) is 24.3 Å². The van der Waals surface area contributed by atoms with Crippen LogP contribution in [-0.2, 0) is 4.79 Å². The topological polar surface area (TPSA) is 46.5 Å². The van der Waals surface area contributed by atoms with E-state index in [4.69, 9.17) is 4.74 Å². The van der Waals surface area contributed by atoms with E-state index in [1.165, 1.54) is 0 Å². The summed E-state index contributed by atoms with van der Waals surface area (Å²) in [7, 11) is 1.60. The Morgan fingerprint density at radius 3 is 2.88 bits per heavy atom. The van der Waals surface area contributed by atoms with Gasteiger partial charge in [0.2, 0.25) is 0 Å². The van der Waals surface area contributed by atoms with Crippen LogP contribution in [0.2, 0.25) is 0 Å². The highest BCUT2D eigenvalue weighted by atomic mass is 16.5. The Hall–Kier alpha value is -1.61. The number of carbonyl (C=O) groups excluding carboxylic acids is 1. The van der Waals surface area contributed by atoms with Crippen LogP contribution in [0.5, 0.6) is 5.75 Å². The highest BCUT2D eigenvalue weighted by Gasteiger charge is 2.29. The van der Waals surface area contributed by atoms with Crippen molar-refractivity contribution in [3.05, 3.63) is 35.4 Å². The first-order valence-corrected chi connectivity index (χ1v) is 5.75. The molecule has 0 aliphatic heterocycles. The Labute approximate surface area is 101 Å². The predicted octanol–water partition coefficient (Wildman–Crippen LogP) is 2.35. The molecule has 3 heteroatoms. The summed E-state index contributed by atoms with van der Waals surface area (Å²) < 4.78 is 5.24. The Balaban J connectivity index is 2.43. The highest BCUT2D eigenvalue weighted by Crippen LogP contribution is 2.37.